The van der Waals surface area contributed by atoms with Crippen LogP contribution in [0.3, 0.4) is 0 Å². The van der Waals surface area contributed by atoms with Crippen molar-refractivity contribution >= 4 is 45.3 Å². The summed E-state index contributed by atoms with van der Waals surface area (Å²) in [4.78, 5) is 2.55. The molecule has 0 fully saturated rings. The van der Waals surface area contributed by atoms with E-state index in [1.807, 2.05) is 26.0 Å². The fraction of sp³-hybridized carbons (Fsp3) is 0.500. The second-order valence-electron chi connectivity index (χ2n) is 4.66. The number of hydrogen-bond acceptors (Lipinski definition) is 3. The minimum atomic E-state index is 1.03. The molecule has 0 spiro atoms. The lowest BCUT2D eigenvalue weighted by Gasteiger charge is -2.17. The van der Waals surface area contributed by atoms with E-state index >= 15 is 0 Å². The Morgan fingerprint density at radius 2 is 1.42 bits per heavy atom. The van der Waals surface area contributed by atoms with Gasteiger partial charge in [0, 0.05) is 17.7 Å². The molecule has 0 aromatic rings. The van der Waals surface area contributed by atoms with Gasteiger partial charge >= 0.3 is 0 Å². The van der Waals surface area contributed by atoms with Crippen LogP contribution in [-0.4, -0.2) is 9.06 Å². The van der Waals surface area contributed by atoms with Crippen molar-refractivity contribution in [1.29, 1.82) is 0 Å². The number of thiocarbonyl (C=S) groups is 2. The molecule has 19 heavy (non-hydrogen) atoms. The predicted octanol–water partition coefficient (Wildman–Crippen LogP) is 6.42. The van der Waals surface area contributed by atoms with Crippen molar-refractivity contribution in [3.05, 3.63) is 33.8 Å². The van der Waals surface area contributed by atoms with E-state index in [-0.39, 0.29) is 0 Å². The van der Waals surface area contributed by atoms with Crippen molar-refractivity contribution in [3.63, 3.8) is 0 Å². The van der Waals surface area contributed by atoms with E-state index in [4.69, 9.17) is 24.4 Å². The zero-order valence-electron chi connectivity index (χ0n) is 12.8. The molecule has 0 N–H and O–H groups in total. The Balaban J connectivity index is 0.000000272. The first-order valence-electron chi connectivity index (χ1n) is 6.47. The molecule has 0 aromatic heterocycles. The molecular weight excluding hydrogens is 288 g/mol. The molecule has 0 nitrogen and oxygen atoms in total. The molecule has 3 heteroatoms. The summed E-state index contributed by atoms with van der Waals surface area (Å²) in [6.07, 6.45) is 6.10. The molecule has 0 amide bonds. The average molecular weight is 313 g/mol. The maximum atomic E-state index is 4.99. The highest BCUT2D eigenvalue weighted by molar-refractivity contribution is 8.26. The van der Waals surface area contributed by atoms with E-state index in [1.165, 1.54) is 21.6 Å². The molecular formula is C16H24S3. The second kappa shape index (κ2) is 9.62. The van der Waals surface area contributed by atoms with Gasteiger partial charge in [-0.05, 0) is 52.0 Å². The molecule has 0 saturated carbocycles. The second-order valence-corrected chi connectivity index (χ2v) is 7.21. The zero-order chi connectivity index (χ0) is 15.0. The van der Waals surface area contributed by atoms with Crippen LogP contribution in [0.15, 0.2) is 33.8 Å². The highest BCUT2D eigenvalue weighted by Crippen LogP contribution is 2.32. The molecule has 0 saturated heterocycles. The van der Waals surface area contributed by atoms with Crippen LogP contribution < -0.4 is 0 Å². The van der Waals surface area contributed by atoms with Crippen LogP contribution in [0.5, 0.6) is 0 Å². The molecule has 0 unspecified atom stereocenters. The van der Waals surface area contributed by atoms with Crippen molar-refractivity contribution in [2.45, 2.75) is 54.4 Å². The lowest BCUT2D eigenvalue weighted by Crippen LogP contribution is -2.10. The van der Waals surface area contributed by atoms with Gasteiger partial charge in [-0.15, -0.1) is 0 Å². The monoisotopic (exact) mass is 312 g/mol. The summed E-state index contributed by atoms with van der Waals surface area (Å²) < 4.78 is 1.13. The summed E-state index contributed by atoms with van der Waals surface area (Å²) in [5.41, 5.74) is 4.25. The fourth-order valence-corrected chi connectivity index (χ4v) is 3.13. The molecule has 106 valence electrons. The van der Waals surface area contributed by atoms with Crippen molar-refractivity contribution in [2.24, 2.45) is 0 Å². The number of rotatable bonds is 0. The Kier molecular flexibility index (Phi) is 9.50. The summed E-state index contributed by atoms with van der Waals surface area (Å²) in [6, 6.07) is 0. The predicted molar refractivity (Wildman–Crippen MR) is 99.3 cm³/mol. The van der Waals surface area contributed by atoms with E-state index < -0.39 is 0 Å². The lowest BCUT2D eigenvalue weighted by atomic mass is 9.91. The molecule has 1 aliphatic carbocycles. The first kappa shape index (κ1) is 18.8. The normalized spacial score (nSPS) is 18.0. The molecule has 2 rings (SSSR count). The first-order valence-corrected chi connectivity index (χ1v) is 8.10. The van der Waals surface area contributed by atoms with Gasteiger partial charge in [0.05, 0.1) is 4.20 Å². The Hall–Kier alpha value is -0.250. The summed E-state index contributed by atoms with van der Waals surface area (Å²) >= 11 is 11.7. The highest BCUT2D eigenvalue weighted by atomic mass is 32.2. The summed E-state index contributed by atoms with van der Waals surface area (Å²) in [5, 5.41) is 0. The van der Waals surface area contributed by atoms with Crippen molar-refractivity contribution in [2.75, 3.05) is 0 Å². The van der Waals surface area contributed by atoms with Crippen LogP contribution in [0.1, 0.15) is 54.4 Å². The molecule has 0 atom stereocenters. The van der Waals surface area contributed by atoms with Gasteiger partial charge in [-0.2, -0.15) is 0 Å². The SMILES string of the molecule is C/C=C\C.CC1=C(C)C(=S)C1.CC1=C(C)SC(=S)C1. The van der Waals surface area contributed by atoms with Crippen LogP contribution in [0, 0.1) is 0 Å². The molecule has 0 bridgehead atoms. The van der Waals surface area contributed by atoms with Gasteiger partial charge in [-0.3, -0.25) is 0 Å². The number of thioether (sulfide) groups is 1. The van der Waals surface area contributed by atoms with E-state index in [1.54, 1.807) is 11.8 Å². The zero-order valence-corrected chi connectivity index (χ0v) is 15.2. The topological polar surface area (TPSA) is 0 Å². The Morgan fingerprint density at radius 1 is 0.895 bits per heavy atom. The minimum absolute atomic E-state index is 1.03. The Bertz CT molecular complexity index is 417. The molecule has 0 radical (unpaired) electrons. The van der Waals surface area contributed by atoms with E-state index in [0.717, 1.165) is 21.9 Å². The van der Waals surface area contributed by atoms with Crippen LogP contribution >= 0.6 is 36.2 Å². The fourth-order valence-electron chi connectivity index (χ4n) is 1.27. The third-order valence-corrected chi connectivity index (χ3v) is 4.97. The quantitative estimate of drug-likeness (QED) is 0.374. The molecule has 2 aliphatic rings. The highest BCUT2D eigenvalue weighted by Gasteiger charge is 2.13. The van der Waals surface area contributed by atoms with Crippen LogP contribution in [-0.2, 0) is 0 Å². The minimum Gasteiger partial charge on any atom is -0.0919 e. The molecule has 1 aliphatic heterocycles. The van der Waals surface area contributed by atoms with Gasteiger partial charge in [0.15, 0.2) is 0 Å². The van der Waals surface area contributed by atoms with Crippen molar-refractivity contribution < 1.29 is 0 Å². The van der Waals surface area contributed by atoms with Crippen molar-refractivity contribution in [3.8, 4) is 0 Å². The van der Waals surface area contributed by atoms with E-state index in [0.29, 0.717) is 0 Å². The first-order chi connectivity index (χ1) is 8.83. The standard InChI is InChI=1S/C6H8S2.C6H8S.C4H8/c1-4-3-6(7)8-5(4)2;1-4-3-6(7)5(4)2;1-3-4-2/h3H2,1-2H3;3H2,1-2H3;3-4H,1-2H3/b;;4-3-. The lowest BCUT2D eigenvalue weighted by molar-refractivity contribution is 1.15. The maximum absolute atomic E-state index is 4.99. The summed E-state index contributed by atoms with van der Waals surface area (Å²) in [6.45, 7) is 12.5. The van der Waals surface area contributed by atoms with Gasteiger partial charge in [0.1, 0.15) is 0 Å². The van der Waals surface area contributed by atoms with Crippen LogP contribution in [0.2, 0.25) is 0 Å². The van der Waals surface area contributed by atoms with Crippen LogP contribution in [0.4, 0.5) is 0 Å². The molecule has 0 aromatic carbocycles. The van der Waals surface area contributed by atoms with Crippen LogP contribution in [0.25, 0.3) is 0 Å². The number of allylic oxidation sites excluding steroid dienone is 6. The maximum Gasteiger partial charge on any atom is 0.0564 e. The number of hydrogen-bond donors (Lipinski definition) is 0. The van der Waals surface area contributed by atoms with Gasteiger partial charge in [-0.1, -0.05) is 59.5 Å². The van der Waals surface area contributed by atoms with Gasteiger partial charge in [0.2, 0.25) is 0 Å². The Labute approximate surface area is 133 Å². The van der Waals surface area contributed by atoms with Gasteiger partial charge < -0.3 is 0 Å². The van der Waals surface area contributed by atoms with E-state index in [9.17, 15) is 0 Å². The van der Waals surface area contributed by atoms with E-state index in [2.05, 4.69) is 27.7 Å². The third kappa shape index (κ3) is 7.19. The smallest absolute Gasteiger partial charge is 0.0564 e. The average Bonchev–Trinajstić information content (AvgIpc) is 2.67. The summed E-state index contributed by atoms with van der Waals surface area (Å²) in [5.74, 6) is 0. The Morgan fingerprint density at radius 3 is 1.47 bits per heavy atom. The van der Waals surface area contributed by atoms with Crippen molar-refractivity contribution in [1.82, 2.24) is 0 Å². The summed E-state index contributed by atoms with van der Waals surface area (Å²) in [7, 11) is 0. The molecule has 1 heterocycles. The third-order valence-electron chi connectivity index (χ3n) is 3.09. The van der Waals surface area contributed by atoms with Gasteiger partial charge in [0.25, 0.3) is 0 Å². The largest absolute Gasteiger partial charge is 0.0919 e. The van der Waals surface area contributed by atoms with Gasteiger partial charge in [-0.25, -0.2) is 0 Å².